The molecule has 2 aromatic rings. The minimum absolute atomic E-state index is 0.0671. The SMILES string of the molecule is CCCNC(=O)C(CC)N(Cc1ccc(F)cc1)C(=O)CCCN(c1ccccc1)S(C)(=O)=O. The minimum atomic E-state index is -3.52. The van der Waals surface area contributed by atoms with E-state index >= 15 is 0 Å². The Kier molecular flexibility index (Phi) is 10.5. The van der Waals surface area contributed by atoms with Gasteiger partial charge in [-0.2, -0.15) is 0 Å². The van der Waals surface area contributed by atoms with E-state index in [1.807, 2.05) is 13.8 Å². The highest BCUT2D eigenvalue weighted by molar-refractivity contribution is 7.92. The predicted octanol–water partition coefficient (Wildman–Crippen LogP) is 3.71. The van der Waals surface area contributed by atoms with Crippen molar-refractivity contribution in [2.24, 2.45) is 0 Å². The molecule has 0 fully saturated rings. The Morgan fingerprint density at radius 3 is 2.24 bits per heavy atom. The van der Waals surface area contributed by atoms with Gasteiger partial charge in [-0.15, -0.1) is 0 Å². The van der Waals surface area contributed by atoms with Crippen LogP contribution >= 0.6 is 0 Å². The van der Waals surface area contributed by atoms with Crippen molar-refractivity contribution in [1.82, 2.24) is 10.2 Å². The van der Waals surface area contributed by atoms with E-state index in [-0.39, 0.29) is 43.6 Å². The molecule has 0 aromatic heterocycles. The van der Waals surface area contributed by atoms with Crippen LogP contribution in [-0.2, 0) is 26.2 Å². The average molecular weight is 492 g/mol. The summed E-state index contributed by atoms with van der Waals surface area (Å²) in [7, 11) is -3.52. The Hall–Kier alpha value is -2.94. The summed E-state index contributed by atoms with van der Waals surface area (Å²) in [5, 5.41) is 2.85. The van der Waals surface area contributed by atoms with E-state index in [9.17, 15) is 22.4 Å². The molecule has 1 atom stereocenters. The quantitative estimate of drug-likeness (QED) is 0.463. The fourth-order valence-electron chi connectivity index (χ4n) is 3.67. The second-order valence-electron chi connectivity index (χ2n) is 8.14. The Morgan fingerprint density at radius 2 is 1.68 bits per heavy atom. The molecule has 0 aliphatic heterocycles. The summed E-state index contributed by atoms with van der Waals surface area (Å²) in [6.45, 7) is 4.59. The molecule has 9 heteroatoms. The van der Waals surface area contributed by atoms with E-state index in [4.69, 9.17) is 0 Å². The standard InChI is InChI=1S/C25H34FN3O4S/c1-4-17-27-25(31)23(5-2)28(19-20-13-15-21(26)16-14-20)24(30)12-9-18-29(34(3,32)33)22-10-7-6-8-11-22/h6-8,10-11,13-16,23H,4-5,9,12,17-19H2,1-3H3,(H,27,31). The van der Waals surface area contributed by atoms with Crippen LogP contribution in [0.3, 0.4) is 0 Å². The van der Waals surface area contributed by atoms with Crippen molar-refractivity contribution < 1.29 is 22.4 Å². The number of benzene rings is 2. The van der Waals surface area contributed by atoms with E-state index in [0.717, 1.165) is 12.7 Å². The molecule has 7 nitrogen and oxygen atoms in total. The van der Waals surface area contributed by atoms with Gasteiger partial charge in [0.05, 0.1) is 11.9 Å². The van der Waals surface area contributed by atoms with Crippen molar-refractivity contribution in [2.45, 2.75) is 52.1 Å². The highest BCUT2D eigenvalue weighted by atomic mass is 32.2. The molecule has 0 aliphatic rings. The molecule has 0 heterocycles. The number of amides is 2. The first-order valence-corrected chi connectivity index (χ1v) is 13.4. The van der Waals surface area contributed by atoms with Crippen LogP contribution in [0.2, 0.25) is 0 Å². The summed E-state index contributed by atoms with van der Waals surface area (Å²) in [6, 6.07) is 13.9. The van der Waals surface area contributed by atoms with Gasteiger partial charge in [0.15, 0.2) is 0 Å². The summed E-state index contributed by atoms with van der Waals surface area (Å²) in [5.41, 5.74) is 1.24. The lowest BCUT2D eigenvalue weighted by molar-refractivity contribution is -0.141. The molecule has 34 heavy (non-hydrogen) atoms. The van der Waals surface area contributed by atoms with Gasteiger partial charge in [0, 0.05) is 26.1 Å². The van der Waals surface area contributed by atoms with E-state index < -0.39 is 16.1 Å². The van der Waals surface area contributed by atoms with Gasteiger partial charge in [0.2, 0.25) is 21.8 Å². The molecule has 0 aliphatic carbocycles. The highest BCUT2D eigenvalue weighted by Gasteiger charge is 2.28. The van der Waals surface area contributed by atoms with Crippen molar-refractivity contribution in [3.8, 4) is 0 Å². The smallest absolute Gasteiger partial charge is 0.242 e. The number of anilines is 1. The van der Waals surface area contributed by atoms with Crippen molar-refractivity contribution >= 4 is 27.5 Å². The zero-order valence-electron chi connectivity index (χ0n) is 20.0. The van der Waals surface area contributed by atoms with Gasteiger partial charge in [0.25, 0.3) is 0 Å². The fraction of sp³-hybridized carbons (Fsp3) is 0.440. The van der Waals surface area contributed by atoms with Crippen LogP contribution in [0.15, 0.2) is 54.6 Å². The van der Waals surface area contributed by atoms with E-state index in [2.05, 4.69) is 5.32 Å². The Morgan fingerprint density at radius 1 is 1.03 bits per heavy atom. The molecule has 1 N–H and O–H groups in total. The van der Waals surface area contributed by atoms with E-state index in [0.29, 0.717) is 24.2 Å². The largest absolute Gasteiger partial charge is 0.354 e. The molecule has 0 radical (unpaired) electrons. The molecule has 2 amide bonds. The molecule has 2 rings (SSSR count). The van der Waals surface area contributed by atoms with Crippen LogP contribution < -0.4 is 9.62 Å². The van der Waals surface area contributed by atoms with Crippen molar-refractivity contribution in [1.29, 1.82) is 0 Å². The number of carbonyl (C=O) groups is 2. The molecule has 2 aromatic carbocycles. The molecule has 0 spiro atoms. The maximum atomic E-state index is 13.4. The first-order chi connectivity index (χ1) is 16.2. The van der Waals surface area contributed by atoms with Crippen LogP contribution in [-0.4, -0.2) is 50.5 Å². The first-order valence-electron chi connectivity index (χ1n) is 11.5. The molecular weight excluding hydrogens is 457 g/mol. The van der Waals surface area contributed by atoms with Gasteiger partial charge in [-0.1, -0.05) is 44.2 Å². The number of hydrogen-bond donors (Lipinski definition) is 1. The Balaban J connectivity index is 2.17. The maximum absolute atomic E-state index is 13.4. The lowest BCUT2D eigenvalue weighted by Gasteiger charge is -2.31. The number of halogens is 1. The summed E-state index contributed by atoms with van der Waals surface area (Å²) in [6.07, 6.45) is 2.68. The average Bonchev–Trinajstić information content (AvgIpc) is 2.81. The molecule has 0 saturated carbocycles. The van der Waals surface area contributed by atoms with Crippen molar-refractivity contribution in [3.63, 3.8) is 0 Å². The van der Waals surface area contributed by atoms with E-state index in [1.165, 1.54) is 21.3 Å². The Labute approximate surface area is 202 Å². The normalized spacial score (nSPS) is 12.1. The number of para-hydroxylation sites is 1. The third-order valence-corrected chi connectivity index (χ3v) is 6.59. The zero-order chi connectivity index (χ0) is 25.1. The molecule has 0 saturated heterocycles. The van der Waals surface area contributed by atoms with E-state index in [1.54, 1.807) is 42.5 Å². The fourth-order valence-corrected chi connectivity index (χ4v) is 4.64. The van der Waals surface area contributed by atoms with Gasteiger partial charge >= 0.3 is 0 Å². The molecular formula is C25H34FN3O4S. The summed E-state index contributed by atoms with van der Waals surface area (Å²) < 4.78 is 39.2. The zero-order valence-corrected chi connectivity index (χ0v) is 20.9. The third-order valence-electron chi connectivity index (χ3n) is 5.40. The predicted molar refractivity (Wildman–Crippen MR) is 132 cm³/mol. The Bertz CT molecular complexity index is 1030. The lowest BCUT2D eigenvalue weighted by atomic mass is 10.1. The summed E-state index contributed by atoms with van der Waals surface area (Å²) in [4.78, 5) is 27.5. The van der Waals surface area contributed by atoms with Crippen LogP contribution in [0.5, 0.6) is 0 Å². The van der Waals surface area contributed by atoms with Crippen LogP contribution in [0.25, 0.3) is 0 Å². The van der Waals surface area contributed by atoms with Gasteiger partial charge in [0.1, 0.15) is 11.9 Å². The monoisotopic (exact) mass is 491 g/mol. The number of nitrogens with zero attached hydrogens (tertiary/aromatic N) is 2. The molecule has 186 valence electrons. The molecule has 0 bridgehead atoms. The summed E-state index contributed by atoms with van der Waals surface area (Å²) >= 11 is 0. The van der Waals surface area contributed by atoms with Gasteiger partial charge < -0.3 is 10.2 Å². The van der Waals surface area contributed by atoms with Gasteiger partial charge in [-0.3, -0.25) is 13.9 Å². The van der Waals surface area contributed by atoms with Crippen molar-refractivity contribution in [3.05, 3.63) is 66.0 Å². The van der Waals surface area contributed by atoms with Crippen molar-refractivity contribution in [2.75, 3.05) is 23.7 Å². The second kappa shape index (κ2) is 13.1. The third kappa shape index (κ3) is 8.13. The topological polar surface area (TPSA) is 86.8 Å². The number of carbonyl (C=O) groups excluding carboxylic acids is 2. The number of sulfonamides is 1. The number of nitrogens with one attached hydrogen (secondary N) is 1. The number of rotatable bonds is 13. The van der Waals surface area contributed by atoms with Crippen LogP contribution in [0, 0.1) is 5.82 Å². The minimum Gasteiger partial charge on any atom is -0.354 e. The molecule has 1 unspecified atom stereocenters. The maximum Gasteiger partial charge on any atom is 0.242 e. The highest BCUT2D eigenvalue weighted by Crippen LogP contribution is 2.19. The van der Waals surface area contributed by atoms with Crippen LogP contribution in [0.1, 0.15) is 45.1 Å². The second-order valence-corrected chi connectivity index (χ2v) is 10.0. The van der Waals surface area contributed by atoms with Gasteiger partial charge in [-0.05, 0) is 49.1 Å². The first kappa shape index (κ1) is 27.3. The number of hydrogen-bond acceptors (Lipinski definition) is 4. The van der Waals surface area contributed by atoms with Crippen LogP contribution in [0.4, 0.5) is 10.1 Å². The van der Waals surface area contributed by atoms with Gasteiger partial charge in [-0.25, -0.2) is 12.8 Å². The summed E-state index contributed by atoms with van der Waals surface area (Å²) in [5.74, 6) is -0.873. The lowest BCUT2D eigenvalue weighted by Crippen LogP contribution is -2.49.